The molecule has 0 aliphatic heterocycles. The van der Waals surface area contributed by atoms with Crippen LogP contribution in [0, 0.1) is 5.92 Å². The van der Waals surface area contributed by atoms with Gasteiger partial charge < -0.3 is 5.73 Å². The second kappa shape index (κ2) is 6.93. The Morgan fingerprint density at radius 2 is 1.69 bits per heavy atom. The van der Waals surface area contributed by atoms with E-state index in [-0.39, 0.29) is 18.4 Å². The highest BCUT2D eigenvalue weighted by Gasteiger charge is 2.17. The van der Waals surface area contributed by atoms with E-state index in [1.807, 2.05) is 0 Å². The molecule has 0 aromatic heterocycles. The summed E-state index contributed by atoms with van der Waals surface area (Å²) in [4.78, 5) is 0. The lowest BCUT2D eigenvalue weighted by atomic mass is 9.83. The highest BCUT2D eigenvalue weighted by molar-refractivity contribution is 5.85. The third-order valence-electron chi connectivity index (χ3n) is 3.54. The number of benzene rings is 1. The van der Waals surface area contributed by atoms with E-state index in [4.69, 9.17) is 5.73 Å². The van der Waals surface area contributed by atoms with Crippen molar-refractivity contribution in [2.75, 3.05) is 0 Å². The molecule has 0 bridgehead atoms. The standard InChI is InChI=1S/C14H21N.ClH/c15-14(13-9-5-2-6-10-13)11-12-7-3-1-4-8-12;/h2,5-6,9-10,12,14H,1,3-4,7-8,11,15H2;1H. The van der Waals surface area contributed by atoms with E-state index < -0.39 is 0 Å². The van der Waals surface area contributed by atoms with Crippen molar-refractivity contribution >= 4 is 12.4 Å². The van der Waals surface area contributed by atoms with Gasteiger partial charge in [-0.05, 0) is 17.9 Å². The molecule has 1 aromatic rings. The van der Waals surface area contributed by atoms with Crippen LogP contribution in [0.5, 0.6) is 0 Å². The van der Waals surface area contributed by atoms with Gasteiger partial charge in [-0.1, -0.05) is 62.4 Å². The number of nitrogens with two attached hydrogens (primary N) is 1. The summed E-state index contributed by atoms with van der Waals surface area (Å²) in [6.07, 6.45) is 8.19. The van der Waals surface area contributed by atoms with Gasteiger partial charge in [0.05, 0.1) is 0 Å². The predicted molar refractivity (Wildman–Crippen MR) is 71.8 cm³/mol. The van der Waals surface area contributed by atoms with Gasteiger partial charge in [-0.25, -0.2) is 0 Å². The van der Waals surface area contributed by atoms with Crippen LogP contribution in [0.2, 0.25) is 0 Å². The van der Waals surface area contributed by atoms with Crippen molar-refractivity contribution < 1.29 is 0 Å². The summed E-state index contributed by atoms with van der Waals surface area (Å²) in [5.41, 5.74) is 7.52. The van der Waals surface area contributed by atoms with Crippen molar-refractivity contribution in [3.63, 3.8) is 0 Å². The van der Waals surface area contributed by atoms with Gasteiger partial charge in [0.15, 0.2) is 0 Å². The smallest absolute Gasteiger partial charge is 0.0297 e. The van der Waals surface area contributed by atoms with Gasteiger partial charge >= 0.3 is 0 Å². The van der Waals surface area contributed by atoms with E-state index in [1.54, 1.807) is 0 Å². The van der Waals surface area contributed by atoms with E-state index in [9.17, 15) is 0 Å². The van der Waals surface area contributed by atoms with Crippen molar-refractivity contribution in [3.05, 3.63) is 35.9 Å². The summed E-state index contributed by atoms with van der Waals surface area (Å²) in [5, 5.41) is 0. The normalized spacial score (nSPS) is 18.8. The van der Waals surface area contributed by atoms with Crippen molar-refractivity contribution in [2.45, 2.75) is 44.6 Å². The van der Waals surface area contributed by atoms with Crippen molar-refractivity contribution in [1.29, 1.82) is 0 Å². The van der Waals surface area contributed by atoms with Crippen LogP contribution in [0.3, 0.4) is 0 Å². The zero-order valence-electron chi connectivity index (χ0n) is 9.77. The summed E-state index contributed by atoms with van der Waals surface area (Å²) in [6.45, 7) is 0. The van der Waals surface area contributed by atoms with Crippen LogP contribution in [0.1, 0.15) is 50.1 Å². The van der Waals surface area contributed by atoms with Gasteiger partial charge in [-0.2, -0.15) is 0 Å². The number of hydrogen-bond acceptors (Lipinski definition) is 1. The quantitative estimate of drug-likeness (QED) is 0.845. The second-order valence-electron chi connectivity index (χ2n) is 4.76. The highest BCUT2D eigenvalue weighted by Crippen LogP contribution is 2.30. The van der Waals surface area contributed by atoms with Crippen LogP contribution in [-0.2, 0) is 0 Å². The summed E-state index contributed by atoms with van der Waals surface area (Å²) >= 11 is 0. The number of halogens is 1. The Bertz CT molecular complexity index is 280. The molecule has 1 aromatic carbocycles. The SMILES string of the molecule is Cl.NC(CC1CCCCC1)c1ccccc1. The van der Waals surface area contributed by atoms with E-state index in [2.05, 4.69) is 30.3 Å². The van der Waals surface area contributed by atoms with Crippen LogP contribution in [0.25, 0.3) is 0 Å². The van der Waals surface area contributed by atoms with Crippen LogP contribution in [0.15, 0.2) is 30.3 Å². The minimum absolute atomic E-state index is 0. The van der Waals surface area contributed by atoms with E-state index >= 15 is 0 Å². The zero-order valence-corrected chi connectivity index (χ0v) is 10.6. The topological polar surface area (TPSA) is 26.0 Å². The Morgan fingerprint density at radius 3 is 2.31 bits per heavy atom. The largest absolute Gasteiger partial charge is 0.324 e. The van der Waals surface area contributed by atoms with Gasteiger partial charge in [0, 0.05) is 6.04 Å². The molecule has 90 valence electrons. The molecule has 0 amide bonds. The molecular weight excluding hydrogens is 218 g/mol. The Balaban J connectivity index is 0.00000128. The van der Waals surface area contributed by atoms with Gasteiger partial charge in [-0.3, -0.25) is 0 Å². The molecule has 0 radical (unpaired) electrons. The maximum absolute atomic E-state index is 6.23. The molecule has 1 saturated carbocycles. The molecule has 0 spiro atoms. The molecule has 1 fully saturated rings. The Labute approximate surface area is 105 Å². The van der Waals surface area contributed by atoms with Gasteiger partial charge in [0.25, 0.3) is 0 Å². The monoisotopic (exact) mass is 239 g/mol. The third kappa shape index (κ3) is 3.80. The van der Waals surface area contributed by atoms with E-state index in [1.165, 1.54) is 44.1 Å². The summed E-state index contributed by atoms with van der Waals surface area (Å²) in [7, 11) is 0. The minimum Gasteiger partial charge on any atom is -0.324 e. The molecule has 2 rings (SSSR count). The molecule has 1 atom stereocenters. The fourth-order valence-electron chi connectivity index (χ4n) is 2.62. The Hall–Kier alpha value is -0.530. The summed E-state index contributed by atoms with van der Waals surface area (Å²) in [5.74, 6) is 0.869. The molecule has 2 N–H and O–H groups in total. The van der Waals surface area contributed by atoms with Gasteiger partial charge in [-0.15, -0.1) is 12.4 Å². The maximum atomic E-state index is 6.23. The predicted octanol–water partition coefficient (Wildman–Crippen LogP) is 4.08. The lowest BCUT2D eigenvalue weighted by molar-refractivity contribution is 0.319. The first-order chi connectivity index (χ1) is 7.36. The minimum atomic E-state index is 0. The van der Waals surface area contributed by atoms with Gasteiger partial charge in [0.2, 0.25) is 0 Å². The van der Waals surface area contributed by atoms with E-state index in [0.29, 0.717) is 0 Å². The zero-order chi connectivity index (χ0) is 10.5. The van der Waals surface area contributed by atoms with Crippen LogP contribution in [0.4, 0.5) is 0 Å². The van der Waals surface area contributed by atoms with Crippen LogP contribution < -0.4 is 5.73 Å². The van der Waals surface area contributed by atoms with Crippen LogP contribution in [-0.4, -0.2) is 0 Å². The molecule has 1 unspecified atom stereocenters. The maximum Gasteiger partial charge on any atom is 0.0297 e. The third-order valence-corrected chi connectivity index (χ3v) is 3.54. The van der Waals surface area contributed by atoms with Crippen LogP contribution >= 0.6 is 12.4 Å². The van der Waals surface area contributed by atoms with Crippen molar-refractivity contribution in [3.8, 4) is 0 Å². The average molecular weight is 240 g/mol. The molecule has 1 nitrogen and oxygen atoms in total. The number of rotatable bonds is 3. The summed E-state index contributed by atoms with van der Waals surface area (Å²) < 4.78 is 0. The molecule has 1 aliphatic rings. The fourth-order valence-corrected chi connectivity index (χ4v) is 2.62. The number of hydrogen-bond donors (Lipinski definition) is 1. The first-order valence-electron chi connectivity index (χ1n) is 6.17. The highest BCUT2D eigenvalue weighted by atomic mass is 35.5. The fraction of sp³-hybridized carbons (Fsp3) is 0.571. The Morgan fingerprint density at radius 1 is 1.06 bits per heavy atom. The molecule has 16 heavy (non-hydrogen) atoms. The Kier molecular flexibility index (Phi) is 5.86. The average Bonchev–Trinajstić information content (AvgIpc) is 2.31. The molecule has 2 heteroatoms. The first kappa shape index (κ1) is 13.5. The first-order valence-corrected chi connectivity index (χ1v) is 6.17. The summed E-state index contributed by atoms with van der Waals surface area (Å²) in [6, 6.07) is 10.7. The molecule has 0 saturated heterocycles. The van der Waals surface area contributed by atoms with Gasteiger partial charge in [0.1, 0.15) is 0 Å². The molecule has 1 aliphatic carbocycles. The van der Waals surface area contributed by atoms with E-state index in [0.717, 1.165) is 5.92 Å². The van der Waals surface area contributed by atoms with Crippen molar-refractivity contribution in [1.82, 2.24) is 0 Å². The lowest BCUT2D eigenvalue weighted by Crippen LogP contribution is -2.17. The molecule has 0 heterocycles. The second-order valence-corrected chi connectivity index (χ2v) is 4.76. The lowest BCUT2D eigenvalue weighted by Gasteiger charge is -2.24. The molecular formula is C14H22ClN. The van der Waals surface area contributed by atoms with Crippen molar-refractivity contribution in [2.24, 2.45) is 11.7 Å².